The van der Waals surface area contributed by atoms with Gasteiger partial charge in [-0.1, -0.05) is 109 Å². The minimum Gasteiger partial charge on any atom is -0.458 e. The SMILES string of the molecule is C[C@H](NC(=O)OCC1c2ccccc2-c2ccccc21)C(=O)O[C@@H](Cc1ccccc1)C(=O)OCc1ccccc1. The van der Waals surface area contributed by atoms with E-state index in [0.29, 0.717) is 0 Å². The average molecular weight is 550 g/mol. The number of rotatable bonds is 10. The molecule has 4 aromatic rings. The van der Waals surface area contributed by atoms with Gasteiger partial charge in [-0.05, 0) is 40.3 Å². The number of hydrogen-bond donors (Lipinski definition) is 1. The van der Waals surface area contributed by atoms with Crippen LogP contribution in [0.4, 0.5) is 4.79 Å². The van der Waals surface area contributed by atoms with Crippen molar-refractivity contribution in [3.05, 3.63) is 131 Å². The van der Waals surface area contributed by atoms with Crippen LogP contribution in [0.15, 0.2) is 109 Å². The molecule has 1 aliphatic rings. The Morgan fingerprint density at radius 2 is 1.22 bits per heavy atom. The van der Waals surface area contributed by atoms with Gasteiger partial charge in [0.1, 0.15) is 19.3 Å². The molecule has 4 aromatic carbocycles. The van der Waals surface area contributed by atoms with E-state index in [1.807, 2.05) is 97.1 Å². The third-order valence-corrected chi connectivity index (χ3v) is 7.04. The van der Waals surface area contributed by atoms with Crippen LogP contribution in [0.3, 0.4) is 0 Å². The smallest absolute Gasteiger partial charge is 0.407 e. The van der Waals surface area contributed by atoms with Crippen LogP contribution in [0.25, 0.3) is 11.1 Å². The standard InChI is InChI=1S/C34H31NO6/c1-23(35-34(38)40-22-30-28-18-10-8-16-26(28)27-17-9-11-19-29(27)30)32(36)41-31(20-24-12-4-2-5-13-24)33(37)39-21-25-14-6-3-7-15-25/h2-19,23,30-31H,20-22H2,1H3,(H,35,38)/t23-,31-/m0/s1. The molecule has 1 amide bonds. The van der Waals surface area contributed by atoms with E-state index in [1.54, 1.807) is 0 Å². The molecule has 2 atom stereocenters. The zero-order valence-corrected chi connectivity index (χ0v) is 22.7. The Kier molecular flexibility index (Phi) is 8.74. The summed E-state index contributed by atoms with van der Waals surface area (Å²) in [5.41, 5.74) is 6.05. The van der Waals surface area contributed by atoms with Crippen molar-refractivity contribution < 1.29 is 28.6 Å². The fourth-order valence-electron chi connectivity index (χ4n) is 4.94. The molecular formula is C34H31NO6. The number of carbonyl (C=O) groups excluding carboxylic acids is 3. The summed E-state index contributed by atoms with van der Waals surface area (Å²) >= 11 is 0. The molecule has 7 heteroatoms. The van der Waals surface area contributed by atoms with E-state index in [-0.39, 0.29) is 25.6 Å². The Morgan fingerprint density at radius 3 is 1.83 bits per heavy atom. The van der Waals surface area contributed by atoms with E-state index in [4.69, 9.17) is 14.2 Å². The van der Waals surface area contributed by atoms with Gasteiger partial charge in [-0.15, -0.1) is 0 Å². The van der Waals surface area contributed by atoms with E-state index in [2.05, 4.69) is 17.4 Å². The molecule has 0 aliphatic heterocycles. The molecule has 1 aliphatic carbocycles. The Labute approximate surface area is 239 Å². The first-order chi connectivity index (χ1) is 20.0. The highest BCUT2D eigenvalue weighted by Crippen LogP contribution is 2.44. The highest BCUT2D eigenvalue weighted by molar-refractivity contribution is 5.84. The topological polar surface area (TPSA) is 90.9 Å². The third kappa shape index (κ3) is 6.81. The van der Waals surface area contributed by atoms with Crippen LogP contribution in [-0.4, -0.2) is 36.8 Å². The molecule has 0 saturated heterocycles. The van der Waals surface area contributed by atoms with Crippen molar-refractivity contribution >= 4 is 18.0 Å². The minimum absolute atomic E-state index is 0.0517. The molecular weight excluding hydrogens is 518 g/mol. The van der Waals surface area contributed by atoms with E-state index in [9.17, 15) is 14.4 Å². The number of hydrogen-bond acceptors (Lipinski definition) is 6. The predicted octanol–water partition coefficient (Wildman–Crippen LogP) is 5.81. The number of esters is 2. The summed E-state index contributed by atoms with van der Waals surface area (Å²) in [7, 11) is 0. The van der Waals surface area contributed by atoms with E-state index in [1.165, 1.54) is 6.92 Å². The Hall–Kier alpha value is -4.91. The van der Waals surface area contributed by atoms with Gasteiger partial charge < -0.3 is 19.5 Å². The van der Waals surface area contributed by atoms with Crippen molar-refractivity contribution in [1.29, 1.82) is 0 Å². The molecule has 0 saturated carbocycles. The molecule has 0 spiro atoms. The molecule has 7 nitrogen and oxygen atoms in total. The Balaban J connectivity index is 1.18. The highest BCUT2D eigenvalue weighted by Gasteiger charge is 2.31. The van der Waals surface area contributed by atoms with Crippen molar-refractivity contribution in [2.45, 2.75) is 38.0 Å². The molecule has 0 heterocycles. The maximum absolute atomic E-state index is 12.9. The average Bonchev–Trinajstić information content (AvgIpc) is 3.33. The second-order valence-electron chi connectivity index (χ2n) is 9.90. The van der Waals surface area contributed by atoms with Gasteiger partial charge in [-0.3, -0.25) is 0 Å². The van der Waals surface area contributed by atoms with Gasteiger partial charge in [0, 0.05) is 12.3 Å². The lowest BCUT2D eigenvalue weighted by Gasteiger charge is -2.20. The lowest BCUT2D eigenvalue weighted by molar-refractivity contribution is -0.169. The number of amides is 1. The molecule has 41 heavy (non-hydrogen) atoms. The summed E-state index contributed by atoms with van der Waals surface area (Å²) in [5.74, 6) is -1.54. The predicted molar refractivity (Wildman–Crippen MR) is 154 cm³/mol. The van der Waals surface area contributed by atoms with Crippen LogP contribution in [-0.2, 0) is 36.8 Å². The van der Waals surface area contributed by atoms with E-state index in [0.717, 1.165) is 33.4 Å². The molecule has 0 bridgehead atoms. The third-order valence-electron chi connectivity index (χ3n) is 7.04. The molecule has 0 radical (unpaired) electrons. The molecule has 0 fully saturated rings. The van der Waals surface area contributed by atoms with E-state index >= 15 is 0 Å². The Morgan fingerprint density at radius 1 is 0.683 bits per heavy atom. The second-order valence-corrected chi connectivity index (χ2v) is 9.90. The van der Waals surface area contributed by atoms with Crippen LogP contribution in [0.2, 0.25) is 0 Å². The van der Waals surface area contributed by atoms with Gasteiger partial charge in [0.15, 0.2) is 0 Å². The zero-order valence-electron chi connectivity index (χ0n) is 22.7. The van der Waals surface area contributed by atoms with Gasteiger partial charge in [-0.25, -0.2) is 14.4 Å². The first kappa shape index (κ1) is 27.6. The van der Waals surface area contributed by atoms with Gasteiger partial charge in [0.25, 0.3) is 0 Å². The number of benzene rings is 4. The molecule has 208 valence electrons. The van der Waals surface area contributed by atoms with Crippen molar-refractivity contribution in [3.8, 4) is 11.1 Å². The van der Waals surface area contributed by atoms with Gasteiger partial charge in [-0.2, -0.15) is 0 Å². The summed E-state index contributed by atoms with van der Waals surface area (Å²) in [6, 6.07) is 33.5. The molecule has 1 N–H and O–H groups in total. The van der Waals surface area contributed by atoms with Crippen LogP contribution in [0.1, 0.15) is 35.1 Å². The van der Waals surface area contributed by atoms with Crippen molar-refractivity contribution in [3.63, 3.8) is 0 Å². The normalized spacial score (nSPS) is 13.3. The first-order valence-corrected chi connectivity index (χ1v) is 13.6. The fraction of sp³-hybridized carbons (Fsp3) is 0.206. The number of carbonyl (C=O) groups is 3. The summed E-state index contributed by atoms with van der Waals surface area (Å²) in [6.07, 6.45) is -1.79. The van der Waals surface area contributed by atoms with Gasteiger partial charge in [0.05, 0.1) is 0 Å². The van der Waals surface area contributed by atoms with Crippen molar-refractivity contribution in [2.24, 2.45) is 0 Å². The number of nitrogens with one attached hydrogen (secondary N) is 1. The maximum Gasteiger partial charge on any atom is 0.407 e. The first-order valence-electron chi connectivity index (χ1n) is 13.6. The lowest BCUT2D eigenvalue weighted by atomic mass is 9.98. The van der Waals surface area contributed by atoms with Gasteiger partial charge >= 0.3 is 18.0 Å². The highest BCUT2D eigenvalue weighted by atomic mass is 16.6. The maximum atomic E-state index is 12.9. The molecule has 0 aromatic heterocycles. The summed E-state index contributed by atoms with van der Waals surface area (Å²) in [4.78, 5) is 38.6. The lowest BCUT2D eigenvalue weighted by Crippen LogP contribution is -2.43. The van der Waals surface area contributed by atoms with Crippen LogP contribution in [0, 0.1) is 0 Å². The Bertz CT molecular complexity index is 1460. The molecule has 5 rings (SSSR count). The number of alkyl carbamates (subject to hydrolysis) is 1. The van der Waals surface area contributed by atoms with E-state index < -0.39 is 30.2 Å². The summed E-state index contributed by atoms with van der Waals surface area (Å²) in [6.45, 7) is 1.65. The van der Waals surface area contributed by atoms with Crippen molar-refractivity contribution in [2.75, 3.05) is 6.61 Å². The van der Waals surface area contributed by atoms with Crippen LogP contribution >= 0.6 is 0 Å². The number of fused-ring (bicyclic) bond motifs is 3. The van der Waals surface area contributed by atoms with Crippen molar-refractivity contribution in [1.82, 2.24) is 5.32 Å². The second kappa shape index (κ2) is 13.0. The minimum atomic E-state index is -1.18. The summed E-state index contributed by atoms with van der Waals surface area (Å²) in [5, 5.41) is 2.53. The number of ether oxygens (including phenoxy) is 3. The van der Waals surface area contributed by atoms with Gasteiger partial charge in [0.2, 0.25) is 6.10 Å². The fourth-order valence-corrected chi connectivity index (χ4v) is 4.94. The van der Waals surface area contributed by atoms with Crippen LogP contribution in [0.5, 0.6) is 0 Å². The largest absolute Gasteiger partial charge is 0.458 e. The molecule has 0 unspecified atom stereocenters. The summed E-state index contributed by atoms with van der Waals surface area (Å²) < 4.78 is 16.6. The monoisotopic (exact) mass is 549 g/mol. The van der Waals surface area contributed by atoms with Crippen LogP contribution < -0.4 is 5.32 Å². The quantitative estimate of drug-likeness (QED) is 0.198. The zero-order chi connectivity index (χ0) is 28.6.